The third kappa shape index (κ3) is 3.90. The van der Waals surface area contributed by atoms with Crippen molar-refractivity contribution in [2.75, 3.05) is 13.1 Å². The molecule has 0 amide bonds. The molecule has 3 rings (SSSR count). The molecule has 0 saturated carbocycles. The molecule has 0 radical (unpaired) electrons. The monoisotopic (exact) mass is 302 g/mol. The summed E-state index contributed by atoms with van der Waals surface area (Å²) >= 11 is 1.65. The minimum absolute atomic E-state index is 0.309. The third-order valence-corrected chi connectivity index (χ3v) is 5.28. The van der Waals surface area contributed by atoms with E-state index >= 15 is 0 Å². The first-order valence-electron chi connectivity index (χ1n) is 7.67. The molecule has 2 aromatic rings. The average Bonchev–Trinajstić information content (AvgIpc) is 3.18. The highest BCUT2D eigenvalue weighted by atomic mass is 32.1. The molecule has 2 atom stereocenters. The van der Waals surface area contributed by atoms with Crippen LogP contribution in [0, 0.1) is 0 Å². The minimum atomic E-state index is -0.309. The standard InChI is InChI=1S/C17H22N2OS/c20-16(17-4-2-12-21-17)13-15-3-1-10-19(15)11-7-14-5-8-18-9-6-14/h2,4-6,8-9,12,15-16,20H,1,3,7,10-11,13H2/t15-,16-/m0/s1. The van der Waals surface area contributed by atoms with Crippen molar-refractivity contribution in [2.24, 2.45) is 0 Å². The van der Waals surface area contributed by atoms with Gasteiger partial charge < -0.3 is 5.11 Å². The van der Waals surface area contributed by atoms with E-state index in [1.807, 2.05) is 29.9 Å². The zero-order valence-corrected chi connectivity index (χ0v) is 13.0. The number of aromatic nitrogens is 1. The molecule has 0 aromatic carbocycles. The molecule has 0 bridgehead atoms. The van der Waals surface area contributed by atoms with E-state index in [-0.39, 0.29) is 6.10 Å². The van der Waals surface area contributed by atoms with Gasteiger partial charge in [0.2, 0.25) is 0 Å². The quantitative estimate of drug-likeness (QED) is 0.889. The lowest BCUT2D eigenvalue weighted by atomic mass is 10.1. The summed E-state index contributed by atoms with van der Waals surface area (Å²) in [6.07, 6.45) is 7.79. The first-order chi connectivity index (χ1) is 10.3. The molecule has 0 aliphatic carbocycles. The fourth-order valence-corrected chi connectivity index (χ4v) is 3.86. The van der Waals surface area contributed by atoms with Crippen LogP contribution in [-0.4, -0.2) is 34.1 Å². The minimum Gasteiger partial charge on any atom is -0.388 e. The number of pyridine rings is 1. The fourth-order valence-electron chi connectivity index (χ4n) is 3.13. The Balaban J connectivity index is 1.53. The van der Waals surface area contributed by atoms with Gasteiger partial charge >= 0.3 is 0 Å². The predicted octanol–water partition coefficient (Wildman–Crippen LogP) is 3.27. The molecule has 112 valence electrons. The maximum atomic E-state index is 10.3. The van der Waals surface area contributed by atoms with Crippen molar-refractivity contribution in [2.45, 2.75) is 37.8 Å². The smallest absolute Gasteiger partial charge is 0.0896 e. The average molecular weight is 302 g/mol. The first-order valence-corrected chi connectivity index (χ1v) is 8.55. The maximum Gasteiger partial charge on any atom is 0.0896 e. The van der Waals surface area contributed by atoms with Gasteiger partial charge in [0, 0.05) is 29.9 Å². The molecule has 1 N–H and O–H groups in total. The lowest BCUT2D eigenvalue weighted by Gasteiger charge is -2.26. The summed E-state index contributed by atoms with van der Waals surface area (Å²) in [7, 11) is 0. The van der Waals surface area contributed by atoms with Gasteiger partial charge in [0.05, 0.1) is 6.10 Å². The Bertz CT molecular complexity index is 529. The molecular weight excluding hydrogens is 280 g/mol. The predicted molar refractivity (Wildman–Crippen MR) is 86.4 cm³/mol. The molecule has 3 nitrogen and oxygen atoms in total. The van der Waals surface area contributed by atoms with E-state index in [2.05, 4.69) is 22.0 Å². The van der Waals surface area contributed by atoms with Gasteiger partial charge in [-0.05, 0) is 61.4 Å². The zero-order valence-electron chi connectivity index (χ0n) is 12.2. The van der Waals surface area contributed by atoms with Crippen LogP contribution in [0.3, 0.4) is 0 Å². The molecule has 1 fully saturated rings. The summed E-state index contributed by atoms with van der Waals surface area (Å²) in [6.45, 7) is 2.23. The lowest BCUT2D eigenvalue weighted by molar-refractivity contribution is 0.124. The Labute approximate surface area is 130 Å². The second-order valence-corrected chi connectivity index (χ2v) is 6.68. The number of thiophene rings is 1. The summed E-state index contributed by atoms with van der Waals surface area (Å²) in [5.74, 6) is 0. The molecule has 0 spiro atoms. The second-order valence-electron chi connectivity index (χ2n) is 5.70. The summed E-state index contributed by atoms with van der Waals surface area (Å²) in [5, 5.41) is 12.4. The number of hydrogen-bond acceptors (Lipinski definition) is 4. The number of hydrogen-bond donors (Lipinski definition) is 1. The Kier molecular flexibility index (Phi) is 5.01. The van der Waals surface area contributed by atoms with Crippen molar-refractivity contribution in [3.05, 3.63) is 52.5 Å². The van der Waals surface area contributed by atoms with Crippen LogP contribution >= 0.6 is 11.3 Å². The van der Waals surface area contributed by atoms with Crippen molar-refractivity contribution in [1.82, 2.24) is 9.88 Å². The van der Waals surface area contributed by atoms with E-state index in [9.17, 15) is 5.11 Å². The fraction of sp³-hybridized carbons (Fsp3) is 0.471. The molecule has 1 aliphatic rings. The van der Waals surface area contributed by atoms with E-state index in [1.165, 1.54) is 18.4 Å². The second kappa shape index (κ2) is 7.16. The number of aliphatic hydroxyl groups excluding tert-OH is 1. The van der Waals surface area contributed by atoms with E-state index in [0.29, 0.717) is 6.04 Å². The van der Waals surface area contributed by atoms with Gasteiger partial charge in [-0.1, -0.05) is 6.07 Å². The van der Waals surface area contributed by atoms with Crippen LogP contribution in [-0.2, 0) is 6.42 Å². The summed E-state index contributed by atoms with van der Waals surface area (Å²) in [4.78, 5) is 7.69. The molecule has 1 aliphatic heterocycles. The van der Waals surface area contributed by atoms with Crippen LogP contribution < -0.4 is 0 Å². The highest BCUT2D eigenvalue weighted by molar-refractivity contribution is 7.10. The van der Waals surface area contributed by atoms with E-state index in [4.69, 9.17) is 0 Å². The molecule has 1 saturated heterocycles. The van der Waals surface area contributed by atoms with Crippen molar-refractivity contribution < 1.29 is 5.11 Å². The Morgan fingerprint density at radius 2 is 2.19 bits per heavy atom. The molecule has 0 unspecified atom stereocenters. The van der Waals surface area contributed by atoms with Gasteiger partial charge in [0.1, 0.15) is 0 Å². The van der Waals surface area contributed by atoms with Crippen molar-refractivity contribution in [1.29, 1.82) is 0 Å². The molecule has 2 aromatic heterocycles. The topological polar surface area (TPSA) is 36.4 Å². The van der Waals surface area contributed by atoms with Crippen molar-refractivity contribution in [3.63, 3.8) is 0 Å². The number of likely N-dealkylation sites (tertiary alicyclic amines) is 1. The molecule has 4 heteroatoms. The van der Waals surface area contributed by atoms with Gasteiger partial charge in [-0.25, -0.2) is 0 Å². The van der Waals surface area contributed by atoms with Gasteiger partial charge in [-0.3, -0.25) is 9.88 Å². The van der Waals surface area contributed by atoms with Gasteiger partial charge in [-0.2, -0.15) is 0 Å². The number of rotatable bonds is 6. The lowest BCUT2D eigenvalue weighted by Crippen LogP contribution is -2.32. The highest BCUT2D eigenvalue weighted by Gasteiger charge is 2.27. The third-order valence-electron chi connectivity index (χ3n) is 4.30. The Morgan fingerprint density at radius 3 is 2.95 bits per heavy atom. The SMILES string of the molecule is O[C@@H](C[C@@H]1CCCN1CCc1ccncc1)c1cccs1. The van der Waals surface area contributed by atoms with Crippen LogP contribution in [0.4, 0.5) is 0 Å². The van der Waals surface area contributed by atoms with Crippen LogP contribution in [0.2, 0.25) is 0 Å². The Hall–Kier alpha value is -1.23. The highest BCUT2D eigenvalue weighted by Crippen LogP contribution is 2.29. The van der Waals surface area contributed by atoms with Crippen LogP contribution in [0.25, 0.3) is 0 Å². The van der Waals surface area contributed by atoms with E-state index in [0.717, 1.165) is 30.8 Å². The number of nitrogens with zero attached hydrogens (tertiary/aromatic N) is 2. The van der Waals surface area contributed by atoms with Gasteiger partial charge in [0.25, 0.3) is 0 Å². The van der Waals surface area contributed by atoms with Crippen LogP contribution in [0.15, 0.2) is 42.0 Å². The van der Waals surface area contributed by atoms with Gasteiger partial charge in [-0.15, -0.1) is 11.3 Å². The summed E-state index contributed by atoms with van der Waals surface area (Å²) < 4.78 is 0. The zero-order chi connectivity index (χ0) is 14.5. The van der Waals surface area contributed by atoms with Crippen molar-refractivity contribution >= 4 is 11.3 Å². The maximum absolute atomic E-state index is 10.3. The first kappa shape index (κ1) is 14.7. The van der Waals surface area contributed by atoms with Crippen molar-refractivity contribution in [3.8, 4) is 0 Å². The summed E-state index contributed by atoms with van der Waals surface area (Å²) in [6, 6.07) is 8.74. The normalized spacial score (nSPS) is 20.7. The molecular formula is C17H22N2OS. The van der Waals surface area contributed by atoms with E-state index in [1.54, 1.807) is 11.3 Å². The van der Waals surface area contributed by atoms with E-state index < -0.39 is 0 Å². The Morgan fingerprint density at radius 1 is 1.33 bits per heavy atom. The largest absolute Gasteiger partial charge is 0.388 e. The molecule has 21 heavy (non-hydrogen) atoms. The van der Waals surface area contributed by atoms with Crippen LogP contribution in [0.1, 0.15) is 35.8 Å². The summed E-state index contributed by atoms with van der Waals surface area (Å²) in [5.41, 5.74) is 1.34. The molecule has 3 heterocycles. The van der Waals surface area contributed by atoms with Gasteiger partial charge in [0.15, 0.2) is 0 Å². The van der Waals surface area contributed by atoms with Crippen LogP contribution in [0.5, 0.6) is 0 Å². The number of aliphatic hydroxyl groups is 1.